The van der Waals surface area contributed by atoms with Gasteiger partial charge in [0.25, 0.3) is 5.91 Å². The molecule has 4 rings (SSSR count). The highest BCUT2D eigenvalue weighted by Gasteiger charge is 2.78. The lowest BCUT2D eigenvalue weighted by Crippen LogP contribution is -2.58. The zero-order valence-corrected chi connectivity index (χ0v) is 25.3. The number of aliphatic hydroxyl groups is 1. The van der Waals surface area contributed by atoms with Gasteiger partial charge in [-0.1, -0.05) is 49.7 Å². The third-order valence-electron chi connectivity index (χ3n) is 8.57. The molecular weight excluding hydrogens is 548 g/mol. The topological polar surface area (TPSA) is 87.1 Å². The second-order valence-electron chi connectivity index (χ2n) is 11.7. The number of allylic oxidation sites excluding steroid dienone is 1. The summed E-state index contributed by atoms with van der Waals surface area (Å²) in [6, 6.07) is 5.68. The molecule has 2 unspecified atom stereocenters. The molecule has 3 aliphatic heterocycles. The van der Waals surface area contributed by atoms with Crippen molar-refractivity contribution in [3.05, 3.63) is 54.6 Å². The summed E-state index contributed by atoms with van der Waals surface area (Å²) >= 11 is 8.14. The second-order valence-corrected chi connectivity index (χ2v) is 14.0. The van der Waals surface area contributed by atoms with E-state index in [1.807, 2.05) is 26.8 Å². The average Bonchev–Trinajstić information content (AvgIpc) is 3.49. The predicted octanol–water partition coefficient (Wildman–Crippen LogP) is 5.26. The fourth-order valence-corrected chi connectivity index (χ4v) is 9.52. The number of halogens is 1. The van der Waals surface area contributed by atoms with E-state index < -0.39 is 33.4 Å². The number of thioether (sulfide) groups is 1. The number of anilines is 1. The lowest BCUT2D eigenvalue weighted by Gasteiger charge is -2.40. The van der Waals surface area contributed by atoms with Gasteiger partial charge in [0.15, 0.2) is 0 Å². The van der Waals surface area contributed by atoms with Crippen LogP contribution in [-0.2, 0) is 19.1 Å². The summed E-state index contributed by atoms with van der Waals surface area (Å²) < 4.78 is 4.36. The van der Waals surface area contributed by atoms with Gasteiger partial charge < -0.3 is 19.6 Å². The number of amides is 2. The zero-order valence-electron chi connectivity index (χ0n) is 23.7. The number of carbonyl (C=O) groups is 3. The first-order chi connectivity index (χ1) is 19.1. The zero-order chi connectivity index (χ0) is 29.2. The van der Waals surface area contributed by atoms with Crippen molar-refractivity contribution in [2.24, 2.45) is 17.8 Å². The predicted molar refractivity (Wildman–Crippen MR) is 160 cm³/mol. The molecule has 0 radical (unpaired) electrons. The van der Waals surface area contributed by atoms with Gasteiger partial charge in [0.05, 0.1) is 46.5 Å². The first-order valence-corrected chi connectivity index (χ1v) is 15.3. The van der Waals surface area contributed by atoms with Gasteiger partial charge in [0, 0.05) is 11.3 Å². The number of esters is 1. The molecule has 3 aliphatic rings. The van der Waals surface area contributed by atoms with Crippen LogP contribution in [0.15, 0.2) is 49.6 Å². The van der Waals surface area contributed by atoms with Crippen LogP contribution in [0.25, 0.3) is 0 Å². The molecule has 218 valence electrons. The quantitative estimate of drug-likeness (QED) is 0.192. The second kappa shape index (κ2) is 12.3. The summed E-state index contributed by atoms with van der Waals surface area (Å²) in [6.07, 6.45) is 6.65. The third kappa shape index (κ3) is 5.23. The van der Waals surface area contributed by atoms with Crippen LogP contribution in [-0.4, -0.2) is 69.1 Å². The Bertz CT molecular complexity index is 1160. The maximum Gasteiger partial charge on any atom is 0.311 e. The Labute approximate surface area is 246 Å². The summed E-state index contributed by atoms with van der Waals surface area (Å²) in [6.45, 7) is 13.8. The molecule has 0 saturated carbocycles. The summed E-state index contributed by atoms with van der Waals surface area (Å²) in [5.74, 6) is -2.11. The number of nitrogens with zero attached hydrogens (tertiary/aromatic N) is 2. The number of hydrogen-bond acceptors (Lipinski definition) is 6. The van der Waals surface area contributed by atoms with Gasteiger partial charge in [-0.3, -0.25) is 14.4 Å². The van der Waals surface area contributed by atoms with Crippen LogP contribution >= 0.6 is 23.4 Å². The smallest absolute Gasteiger partial charge is 0.311 e. The van der Waals surface area contributed by atoms with Gasteiger partial charge in [0.2, 0.25) is 5.91 Å². The molecule has 40 heavy (non-hydrogen) atoms. The van der Waals surface area contributed by atoms with Crippen LogP contribution < -0.4 is 4.90 Å². The lowest BCUT2D eigenvalue weighted by molar-refractivity contribution is -0.156. The van der Waals surface area contributed by atoms with Crippen LogP contribution in [0.5, 0.6) is 0 Å². The minimum absolute atomic E-state index is 0.179. The Balaban J connectivity index is 1.80. The van der Waals surface area contributed by atoms with E-state index in [4.69, 9.17) is 16.3 Å². The van der Waals surface area contributed by atoms with Gasteiger partial charge in [-0.25, -0.2) is 0 Å². The Kier molecular flexibility index (Phi) is 9.42. The van der Waals surface area contributed by atoms with E-state index in [1.165, 1.54) is 0 Å². The summed E-state index contributed by atoms with van der Waals surface area (Å²) in [7, 11) is 0. The number of fused-ring (bicyclic) bond motifs is 1. The first-order valence-electron chi connectivity index (χ1n) is 14.1. The van der Waals surface area contributed by atoms with E-state index >= 15 is 0 Å². The number of carbonyl (C=O) groups excluding carboxylic acids is 3. The monoisotopic (exact) mass is 588 g/mol. The number of para-hydroxylation sites is 1. The molecule has 1 aromatic carbocycles. The molecule has 1 spiro atoms. The minimum Gasteiger partial charge on any atom is -0.465 e. The molecule has 9 heteroatoms. The molecule has 1 aromatic rings. The van der Waals surface area contributed by atoms with Crippen molar-refractivity contribution in [2.75, 3.05) is 24.7 Å². The van der Waals surface area contributed by atoms with Gasteiger partial charge in [-0.2, -0.15) is 0 Å². The summed E-state index contributed by atoms with van der Waals surface area (Å²) in [4.78, 5) is 45.9. The van der Waals surface area contributed by atoms with Gasteiger partial charge >= 0.3 is 5.97 Å². The fraction of sp³-hybridized carbons (Fsp3) is 0.581. The number of ether oxygens (including phenoxy) is 1. The van der Waals surface area contributed by atoms with Gasteiger partial charge in [-0.05, 0) is 57.1 Å². The van der Waals surface area contributed by atoms with E-state index in [1.54, 1.807) is 51.9 Å². The number of likely N-dealkylation sites (tertiary alicyclic amines) is 1. The van der Waals surface area contributed by atoms with E-state index in [0.29, 0.717) is 36.4 Å². The SMILES string of the molecule is C=CCCCOC(=O)[C@H]1[C@H]2C(=O)N([C@@H](CO)CC(C)C)C(C(=O)N(CC=C)c3ccccc3Cl)C23CC[C@]1(C)S3. The van der Waals surface area contributed by atoms with Crippen LogP contribution in [0.2, 0.25) is 5.02 Å². The normalized spacial score (nSPS) is 29.4. The number of aliphatic hydroxyl groups excluding tert-OH is 1. The Hall–Kier alpha value is -2.29. The lowest BCUT2D eigenvalue weighted by atomic mass is 9.66. The van der Waals surface area contributed by atoms with Crippen LogP contribution in [0.4, 0.5) is 5.69 Å². The van der Waals surface area contributed by atoms with Crippen LogP contribution in [0, 0.1) is 17.8 Å². The molecule has 6 atom stereocenters. The molecule has 2 amide bonds. The third-order valence-corrected chi connectivity index (χ3v) is 10.9. The van der Waals surface area contributed by atoms with Crippen LogP contribution in [0.3, 0.4) is 0 Å². The highest BCUT2D eigenvalue weighted by atomic mass is 35.5. The fourth-order valence-electron chi connectivity index (χ4n) is 6.96. The Morgan fingerprint density at radius 1 is 1.27 bits per heavy atom. The molecule has 0 aromatic heterocycles. The number of hydrogen-bond donors (Lipinski definition) is 1. The largest absolute Gasteiger partial charge is 0.465 e. The molecule has 3 fully saturated rings. The Morgan fingerprint density at radius 3 is 2.62 bits per heavy atom. The van der Waals surface area contributed by atoms with E-state index in [0.717, 1.165) is 6.42 Å². The maximum absolute atomic E-state index is 14.7. The van der Waals surface area contributed by atoms with E-state index in [-0.39, 0.29) is 43.5 Å². The van der Waals surface area contributed by atoms with E-state index in [9.17, 15) is 19.5 Å². The molecule has 7 nitrogen and oxygen atoms in total. The molecule has 2 bridgehead atoms. The van der Waals surface area contributed by atoms with Crippen molar-refractivity contribution < 1.29 is 24.2 Å². The molecule has 1 N–H and O–H groups in total. The van der Waals surface area contributed by atoms with Crippen molar-refractivity contribution in [1.82, 2.24) is 4.90 Å². The molecule has 0 aliphatic carbocycles. The number of unbranched alkanes of at least 4 members (excludes halogenated alkanes) is 1. The Morgan fingerprint density at radius 2 is 2.00 bits per heavy atom. The number of rotatable bonds is 13. The van der Waals surface area contributed by atoms with Crippen LogP contribution in [0.1, 0.15) is 52.9 Å². The van der Waals surface area contributed by atoms with Crippen molar-refractivity contribution in [3.63, 3.8) is 0 Å². The highest BCUT2D eigenvalue weighted by Crippen LogP contribution is 2.72. The van der Waals surface area contributed by atoms with Crippen molar-refractivity contribution in [3.8, 4) is 0 Å². The molecular formula is C31H41ClN2O5S. The maximum atomic E-state index is 14.7. The van der Waals surface area contributed by atoms with Gasteiger partial charge in [-0.15, -0.1) is 24.9 Å². The minimum atomic E-state index is -0.873. The molecule has 3 heterocycles. The number of benzene rings is 1. The standard InChI is InChI=1S/C31H41ClN2O5S/c1-6-8-11-17-39-29(38)25-24-27(36)34(21(19-35)18-20(3)4)26(31(24)15-14-30(25,5)40-31)28(37)33(16-7-2)23-13-10-9-12-22(23)32/h6-7,9-10,12-13,20-21,24-26,35H,1-2,8,11,14-19H2,3-5H3/t21-,24+,25-,26?,30+,31?/m1/s1. The summed E-state index contributed by atoms with van der Waals surface area (Å²) in [5, 5.41) is 10.9. The van der Waals surface area contributed by atoms with Crippen molar-refractivity contribution in [1.29, 1.82) is 0 Å². The summed E-state index contributed by atoms with van der Waals surface area (Å²) in [5.41, 5.74) is 0.535. The first kappa shape index (κ1) is 30.7. The van der Waals surface area contributed by atoms with Gasteiger partial charge in [0.1, 0.15) is 6.04 Å². The van der Waals surface area contributed by atoms with Crippen molar-refractivity contribution in [2.45, 2.75) is 74.5 Å². The van der Waals surface area contributed by atoms with E-state index in [2.05, 4.69) is 13.2 Å². The average molecular weight is 589 g/mol. The highest BCUT2D eigenvalue weighted by molar-refractivity contribution is 8.02. The molecule has 3 saturated heterocycles. The van der Waals surface area contributed by atoms with Crippen molar-refractivity contribution >= 4 is 46.8 Å².